The van der Waals surface area contributed by atoms with Gasteiger partial charge in [-0.25, -0.2) is 14.8 Å². The number of aromatic nitrogens is 2. The van der Waals surface area contributed by atoms with Crippen molar-refractivity contribution in [3.05, 3.63) is 24.8 Å². The van der Waals surface area contributed by atoms with Gasteiger partial charge in [0.15, 0.2) is 0 Å². The van der Waals surface area contributed by atoms with Crippen molar-refractivity contribution >= 4 is 11.9 Å². The maximum Gasteiger partial charge on any atom is 0.321 e. The molecule has 0 radical (unpaired) electrons. The number of nitrogens with zero attached hydrogens (tertiary/aromatic N) is 2. The van der Waals surface area contributed by atoms with Crippen molar-refractivity contribution in [2.45, 2.75) is 0 Å². The molecule has 6 nitrogen and oxygen atoms in total. The van der Waals surface area contributed by atoms with E-state index in [2.05, 4.69) is 15.3 Å². The first kappa shape index (κ1) is 9.11. The Balaban J connectivity index is 0.000000132. The van der Waals surface area contributed by atoms with Crippen LogP contribution < -0.4 is 10.6 Å². The molecule has 0 atom stereocenters. The third-order valence-corrected chi connectivity index (χ3v) is 1.14. The topological polar surface area (TPSA) is 84.0 Å². The van der Waals surface area contributed by atoms with Crippen LogP contribution in [0.5, 0.6) is 0 Å². The lowest BCUT2D eigenvalue weighted by atomic mass is 10.7. The van der Waals surface area contributed by atoms with Gasteiger partial charge in [-0.15, -0.1) is 0 Å². The molecule has 0 bridgehead atoms. The minimum atomic E-state index is -0.398. The van der Waals surface area contributed by atoms with Crippen LogP contribution in [0.15, 0.2) is 24.8 Å². The number of carbonyl (C=O) groups is 2. The van der Waals surface area contributed by atoms with Gasteiger partial charge in [-0.05, 0) is 6.07 Å². The molecule has 3 amide bonds. The molecule has 68 valence electrons. The second kappa shape index (κ2) is 4.81. The molecule has 0 saturated carbocycles. The predicted molar refractivity (Wildman–Crippen MR) is 43.6 cm³/mol. The van der Waals surface area contributed by atoms with Gasteiger partial charge >= 0.3 is 6.03 Å². The van der Waals surface area contributed by atoms with Crippen LogP contribution in [0, 0.1) is 0 Å². The van der Waals surface area contributed by atoms with Gasteiger partial charge in [0, 0.05) is 12.4 Å². The SMILES string of the molecule is O=C1CNC(=O)N1.c1cncnc1. The van der Waals surface area contributed by atoms with E-state index in [1.54, 1.807) is 18.5 Å². The average Bonchev–Trinajstić information content (AvgIpc) is 2.54. The van der Waals surface area contributed by atoms with Crippen molar-refractivity contribution in [1.82, 2.24) is 20.6 Å². The van der Waals surface area contributed by atoms with Crippen molar-refractivity contribution in [3.8, 4) is 0 Å². The summed E-state index contributed by atoms with van der Waals surface area (Å²) in [4.78, 5) is 27.4. The van der Waals surface area contributed by atoms with Gasteiger partial charge in [-0.3, -0.25) is 10.1 Å². The summed E-state index contributed by atoms with van der Waals surface area (Å²) >= 11 is 0. The van der Waals surface area contributed by atoms with Gasteiger partial charge in [-0.2, -0.15) is 0 Å². The van der Waals surface area contributed by atoms with E-state index in [9.17, 15) is 9.59 Å². The van der Waals surface area contributed by atoms with Gasteiger partial charge in [0.2, 0.25) is 5.91 Å². The van der Waals surface area contributed by atoms with Crippen LogP contribution in [0.3, 0.4) is 0 Å². The Labute approximate surface area is 74.4 Å². The maximum absolute atomic E-state index is 10.1. The number of imide groups is 1. The van der Waals surface area contributed by atoms with Gasteiger partial charge in [0.1, 0.15) is 6.33 Å². The molecular formula is C7H8N4O2. The normalized spacial score (nSPS) is 13.8. The number of hydrogen-bond acceptors (Lipinski definition) is 4. The molecular weight excluding hydrogens is 172 g/mol. The molecule has 6 heteroatoms. The highest BCUT2D eigenvalue weighted by Gasteiger charge is 2.14. The Kier molecular flexibility index (Phi) is 3.37. The fourth-order valence-electron chi connectivity index (χ4n) is 0.629. The highest BCUT2D eigenvalue weighted by molar-refractivity contribution is 6.01. The molecule has 2 heterocycles. The van der Waals surface area contributed by atoms with Crippen molar-refractivity contribution in [2.24, 2.45) is 0 Å². The van der Waals surface area contributed by atoms with E-state index >= 15 is 0 Å². The van der Waals surface area contributed by atoms with E-state index < -0.39 is 6.03 Å². The minimum Gasteiger partial charge on any atom is -0.329 e. The summed E-state index contributed by atoms with van der Waals surface area (Å²) in [7, 11) is 0. The van der Waals surface area contributed by atoms with E-state index in [4.69, 9.17) is 0 Å². The van der Waals surface area contributed by atoms with Crippen molar-refractivity contribution in [3.63, 3.8) is 0 Å². The van der Waals surface area contributed by atoms with Crippen molar-refractivity contribution in [2.75, 3.05) is 6.54 Å². The largest absolute Gasteiger partial charge is 0.329 e. The fraction of sp³-hybridized carbons (Fsp3) is 0.143. The molecule has 1 fully saturated rings. The first-order valence-electron chi connectivity index (χ1n) is 3.56. The van der Waals surface area contributed by atoms with Crippen molar-refractivity contribution in [1.29, 1.82) is 0 Å². The smallest absolute Gasteiger partial charge is 0.321 e. The number of nitrogens with one attached hydrogen (secondary N) is 2. The monoisotopic (exact) mass is 180 g/mol. The van der Waals surface area contributed by atoms with Crippen molar-refractivity contribution < 1.29 is 9.59 Å². The molecule has 0 unspecified atom stereocenters. The Morgan fingerprint density at radius 3 is 2.08 bits per heavy atom. The summed E-state index contributed by atoms with van der Waals surface area (Å²) in [5.41, 5.74) is 0. The highest BCUT2D eigenvalue weighted by Crippen LogP contribution is 1.73. The molecule has 1 aliphatic rings. The number of hydrogen-bond donors (Lipinski definition) is 2. The van der Waals surface area contributed by atoms with Crippen LogP contribution in [-0.2, 0) is 4.79 Å². The van der Waals surface area contributed by atoms with Gasteiger partial charge in [0.25, 0.3) is 0 Å². The Bertz CT molecular complexity index is 247. The lowest BCUT2D eigenvalue weighted by Crippen LogP contribution is -2.22. The molecule has 1 aromatic heterocycles. The predicted octanol–water partition coefficient (Wildman–Crippen LogP) is -0.698. The van der Waals surface area contributed by atoms with Crippen LogP contribution in [0.2, 0.25) is 0 Å². The molecule has 0 spiro atoms. The van der Waals surface area contributed by atoms with E-state index in [1.807, 2.05) is 5.32 Å². The van der Waals surface area contributed by atoms with Crippen LogP contribution in [0.1, 0.15) is 0 Å². The zero-order valence-corrected chi connectivity index (χ0v) is 6.73. The number of rotatable bonds is 0. The lowest BCUT2D eigenvalue weighted by Gasteiger charge is -1.78. The second-order valence-corrected chi connectivity index (χ2v) is 2.14. The van der Waals surface area contributed by atoms with Gasteiger partial charge in [-0.1, -0.05) is 0 Å². The Hall–Kier alpha value is -1.98. The highest BCUT2D eigenvalue weighted by atomic mass is 16.2. The quantitative estimate of drug-likeness (QED) is 0.517. The Morgan fingerprint density at radius 2 is 1.92 bits per heavy atom. The number of amides is 3. The molecule has 0 aromatic carbocycles. The van der Waals surface area contributed by atoms with Crippen LogP contribution in [0.4, 0.5) is 4.79 Å². The van der Waals surface area contributed by atoms with E-state index in [0.717, 1.165) is 0 Å². The summed E-state index contributed by atoms with van der Waals surface area (Å²) in [5, 5.41) is 4.30. The summed E-state index contributed by atoms with van der Waals surface area (Å²) in [6.45, 7) is 0.124. The molecule has 2 N–H and O–H groups in total. The average molecular weight is 180 g/mol. The summed E-state index contributed by atoms with van der Waals surface area (Å²) < 4.78 is 0. The zero-order valence-electron chi connectivity index (χ0n) is 6.73. The minimum absolute atomic E-state index is 0.124. The fourth-order valence-corrected chi connectivity index (χ4v) is 0.629. The first-order chi connectivity index (χ1) is 6.29. The first-order valence-corrected chi connectivity index (χ1v) is 3.56. The third-order valence-electron chi connectivity index (χ3n) is 1.14. The third kappa shape index (κ3) is 3.80. The van der Waals surface area contributed by atoms with Crippen LogP contribution in [-0.4, -0.2) is 28.5 Å². The molecule has 1 saturated heterocycles. The summed E-state index contributed by atoms with van der Waals surface area (Å²) in [6, 6.07) is 1.38. The number of carbonyl (C=O) groups excluding carboxylic acids is 2. The maximum atomic E-state index is 10.1. The van der Waals surface area contributed by atoms with Crippen LogP contribution in [0.25, 0.3) is 0 Å². The van der Waals surface area contributed by atoms with E-state index in [0.29, 0.717) is 0 Å². The molecule has 2 rings (SSSR count). The van der Waals surface area contributed by atoms with Gasteiger partial charge in [0.05, 0.1) is 6.54 Å². The Morgan fingerprint density at radius 1 is 1.23 bits per heavy atom. The molecule has 1 aromatic rings. The number of urea groups is 1. The molecule has 0 aliphatic carbocycles. The lowest BCUT2D eigenvalue weighted by molar-refractivity contribution is -0.117. The van der Waals surface area contributed by atoms with Gasteiger partial charge < -0.3 is 5.32 Å². The van der Waals surface area contributed by atoms with E-state index in [1.165, 1.54) is 6.33 Å². The molecule has 13 heavy (non-hydrogen) atoms. The summed E-state index contributed by atoms with van der Waals surface area (Å²) in [6.07, 6.45) is 4.88. The van der Waals surface area contributed by atoms with Crippen LogP contribution >= 0.6 is 0 Å². The summed E-state index contributed by atoms with van der Waals surface area (Å²) in [5.74, 6) is -0.259. The zero-order chi connectivity index (χ0) is 9.52. The molecule has 1 aliphatic heterocycles. The standard InChI is InChI=1S/C4H4N2.C3H4N2O2/c1-2-5-4-6-3-1;6-2-1-4-3(7)5-2/h1-4H;1H2,(H2,4,5,6,7). The second-order valence-electron chi connectivity index (χ2n) is 2.14. The van der Waals surface area contributed by atoms with E-state index in [-0.39, 0.29) is 12.5 Å².